The smallest absolute Gasteiger partial charge is 0.231 e. The van der Waals surface area contributed by atoms with E-state index in [0.29, 0.717) is 18.0 Å². The van der Waals surface area contributed by atoms with Crippen LogP contribution in [-0.4, -0.2) is 26.2 Å². The summed E-state index contributed by atoms with van der Waals surface area (Å²) in [5.74, 6) is 0.640. The Morgan fingerprint density at radius 2 is 2.24 bits per heavy atom. The van der Waals surface area contributed by atoms with Crippen molar-refractivity contribution in [3.8, 4) is 11.9 Å². The van der Waals surface area contributed by atoms with Crippen LogP contribution in [0.3, 0.4) is 0 Å². The fourth-order valence-corrected chi connectivity index (χ4v) is 3.10. The molecular weight excluding hydrogens is 352 g/mol. The summed E-state index contributed by atoms with van der Waals surface area (Å²) in [6.07, 6.45) is 0. The van der Waals surface area contributed by atoms with E-state index in [9.17, 15) is 0 Å². The number of halogens is 1. The van der Waals surface area contributed by atoms with Crippen LogP contribution in [0.4, 0.5) is 10.8 Å². The number of methoxy groups -OCH3 is 1. The highest BCUT2D eigenvalue weighted by molar-refractivity contribution is 9.10. The first-order valence-electron chi connectivity index (χ1n) is 6.19. The lowest BCUT2D eigenvalue weighted by Gasteiger charge is -2.08. The van der Waals surface area contributed by atoms with Gasteiger partial charge in [-0.15, -0.1) is 0 Å². The standard InChI is InChI=1S/C14H15BrN4OS/c1-19(2)14-18-13(20-3)12(21-14)8-17-11-5-4-9(7-16)6-10(11)15/h4-6,17H,8H2,1-3H3. The maximum atomic E-state index is 8.86. The SMILES string of the molecule is COc1nc(N(C)C)sc1CNc1ccc(C#N)cc1Br. The molecule has 0 aliphatic heterocycles. The third-order valence-corrected chi connectivity index (χ3v) is 4.62. The van der Waals surface area contributed by atoms with Gasteiger partial charge in [-0.05, 0) is 34.1 Å². The molecule has 0 aliphatic rings. The maximum absolute atomic E-state index is 8.86. The van der Waals surface area contributed by atoms with Crippen molar-refractivity contribution < 1.29 is 4.74 Å². The van der Waals surface area contributed by atoms with Gasteiger partial charge < -0.3 is 15.0 Å². The van der Waals surface area contributed by atoms with E-state index in [-0.39, 0.29) is 0 Å². The lowest BCUT2D eigenvalue weighted by atomic mass is 10.2. The lowest BCUT2D eigenvalue weighted by Crippen LogP contribution is -2.07. The third kappa shape index (κ3) is 3.65. The largest absolute Gasteiger partial charge is 0.480 e. The zero-order valence-corrected chi connectivity index (χ0v) is 14.4. The molecule has 1 N–H and O–H groups in total. The molecule has 1 heterocycles. The molecule has 0 bridgehead atoms. The molecule has 2 rings (SSSR count). The average molecular weight is 367 g/mol. The van der Waals surface area contributed by atoms with Crippen molar-refractivity contribution in [3.05, 3.63) is 33.1 Å². The summed E-state index contributed by atoms with van der Waals surface area (Å²) in [5.41, 5.74) is 1.55. The summed E-state index contributed by atoms with van der Waals surface area (Å²) in [6, 6.07) is 7.56. The molecular formula is C14H15BrN4OS. The highest BCUT2D eigenvalue weighted by atomic mass is 79.9. The molecule has 0 unspecified atom stereocenters. The van der Waals surface area contributed by atoms with Crippen LogP contribution in [0.15, 0.2) is 22.7 Å². The molecule has 0 aliphatic carbocycles. The van der Waals surface area contributed by atoms with E-state index < -0.39 is 0 Å². The van der Waals surface area contributed by atoms with Crippen molar-refractivity contribution in [3.63, 3.8) is 0 Å². The normalized spacial score (nSPS) is 10.0. The van der Waals surface area contributed by atoms with Crippen molar-refractivity contribution in [1.82, 2.24) is 4.98 Å². The van der Waals surface area contributed by atoms with Gasteiger partial charge in [-0.2, -0.15) is 10.2 Å². The summed E-state index contributed by atoms with van der Waals surface area (Å²) in [4.78, 5) is 7.40. The fourth-order valence-electron chi connectivity index (χ4n) is 1.69. The molecule has 0 atom stereocenters. The van der Waals surface area contributed by atoms with Crippen LogP contribution in [0.5, 0.6) is 5.88 Å². The summed E-state index contributed by atoms with van der Waals surface area (Å²) >= 11 is 5.04. The van der Waals surface area contributed by atoms with Crippen LogP contribution in [0.1, 0.15) is 10.4 Å². The number of nitriles is 1. The van der Waals surface area contributed by atoms with Crippen LogP contribution in [0, 0.1) is 11.3 Å². The molecule has 0 amide bonds. The highest BCUT2D eigenvalue weighted by Gasteiger charge is 2.13. The van der Waals surface area contributed by atoms with Crippen LogP contribution < -0.4 is 15.0 Å². The van der Waals surface area contributed by atoms with Crippen LogP contribution >= 0.6 is 27.3 Å². The lowest BCUT2D eigenvalue weighted by molar-refractivity contribution is 0.397. The van der Waals surface area contributed by atoms with E-state index in [1.165, 1.54) is 0 Å². The quantitative estimate of drug-likeness (QED) is 0.877. The van der Waals surface area contributed by atoms with Crippen molar-refractivity contribution in [2.45, 2.75) is 6.54 Å². The van der Waals surface area contributed by atoms with Gasteiger partial charge in [-0.1, -0.05) is 11.3 Å². The number of aromatic nitrogens is 1. The Morgan fingerprint density at radius 3 is 2.81 bits per heavy atom. The van der Waals surface area contributed by atoms with Gasteiger partial charge >= 0.3 is 0 Å². The minimum atomic E-state index is 0.610. The van der Waals surface area contributed by atoms with Gasteiger partial charge in [0.25, 0.3) is 0 Å². The van der Waals surface area contributed by atoms with Gasteiger partial charge in [0, 0.05) is 24.3 Å². The van der Waals surface area contributed by atoms with E-state index in [1.807, 2.05) is 25.1 Å². The molecule has 0 saturated heterocycles. The molecule has 0 radical (unpaired) electrons. The van der Waals surface area contributed by atoms with Gasteiger partial charge in [-0.25, -0.2) is 0 Å². The number of rotatable bonds is 5. The molecule has 0 saturated carbocycles. The van der Waals surface area contributed by atoms with Crippen molar-refractivity contribution in [2.24, 2.45) is 0 Å². The first-order chi connectivity index (χ1) is 10.0. The molecule has 1 aromatic heterocycles. The first-order valence-corrected chi connectivity index (χ1v) is 7.80. The van der Waals surface area contributed by atoms with E-state index in [1.54, 1.807) is 30.6 Å². The number of thiazole rings is 1. The zero-order valence-electron chi connectivity index (χ0n) is 12.0. The number of benzene rings is 1. The minimum absolute atomic E-state index is 0.610. The zero-order chi connectivity index (χ0) is 15.4. The molecule has 1 aromatic carbocycles. The Bertz CT molecular complexity index is 678. The van der Waals surface area contributed by atoms with E-state index >= 15 is 0 Å². The molecule has 0 fully saturated rings. The summed E-state index contributed by atoms with van der Waals surface area (Å²) < 4.78 is 6.17. The molecule has 0 spiro atoms. The van der Waals surface area contributed by atoms with Crippen LogP contribution in [0.25, 0.3) is 0 Å². The van der Waals surface area contributed by atoms with Crippen molar-refractivity contribution >= 4 is 38.1 Å². The highest BCUT2D eigenvalue weighted by Crippen LogP contribution is 2.32. The maximum Gasteiger partial charge on any atom is 0.231 e. The Labute approximate surface area is 136 Å². The Balaban J connectivity index is 2.14. The predicted molar refractivity (Wildman–Crippen MR) is 89.2 cm³/mol. The van der Waals surface area contributed by atoms with Crippen molar-refractivity contribution in [1.29, 1.82) is 5.26 Å². The fraction of sp³-hybridized carbons (Fsp3) is 0.286. The number of nitrogens with zero attached hydrogens (tertiary/aromatic N) is 3. The van der Waals surface area contributed by atoms with Gasteiger partial charge in [0.2, 0.25) is 5.88 Å². The number of anilines is 2. The molecule has 7 heteroatoms. The predicted octanol–water partition coefficient (Wildman–Crippen LogP) is 3.46. The van der Waals surface area contributed by atoms with Crippen LogP contribution in [0.2, 0.25) is 0 Å². The average Bonchev–Trinajstić information content (AvgIpc) is 2.89. The number of ether oxygens (including phenoxy) is 1. The Hall–Kier alpha value is -1.78. The first kappa shape index (κ1) is 15.6. The van der Waals surface area contributed by atoms with E-state index in [2.05, 4.69) is 32.3 Å². The van der Waals surface area contributed by atoms with Gasteiger partial charge in [-0.3, -0.25) is 0 Å². The second-order valence-electron chi connectivity index (χ2n) is 4.48. The van der Waals surface area contributed by atoms with E-state index in [0.717, 1.165) is 20.2 Å². The van der Waals surface area contributed by atoms with Crippen LogP contribution in [-0.2, 0) is 6.54 Å². The Kier molecular flexibility index (Phi) is 5.04. The molecule has 2 aromatic rings. The van der Waals surface area contributed by atoms with Crippen molar-refractivity contribution in [2.75, 3.05) is 31.4 Å². The Morgan fingerprint density at radius 1 is 1.48 bits per heavy atom. The van der Waals surface area contributed by atoms with E-state index in [4.69, 9.17) is 10.00 Å². The number of nitrogens with one attached hydrogen (secondary N) is 1. The van der Waals surface area contributed by atoms with Gasteiger partial charge in [0.05, 0.1) is 30.2 Å². The number of hydrogen-bond acceptors (Lipinski definition) is 6. The number of hydrogen-bond donors (Lipinski definition) is 1. The summed E-state index contributed by atoms with van der Waals surface area (Å²) in [5, 5.41) is 13.1. The molecule has 21 heavy (non-hydrogen) atoms. The summed E-state index contributed by atoms with van der Waals surface area (Å²) in [6.45, 7) is 0.610. The van der Waals surface area contributed by atoms with Gasteiger partial charge in [0.15, 0.2) is 5.13 Å². The topological polar surface area (TPSA) is 61.2 Å². The minimum Gasteiger partial charge on any atom is -0.480 e. The monoisotopic (exact) mass is 366 g/mol. The van der Waals surface area contributed by atoms with Gasteiger partial charge in [0.1, 0.15) is 0 Å². The second kappa shape index (κ2) is 6.78. The molecule has 5 nitrogen and oxygen atoms in total. The second-order valence-corrected chi connectivity index (χ2v) is 6.40. The third-order valence-electron chi connectivity index (χ3n) is 2.76. The summed E-state index contributed by atoms with van der Waals surface area (Å²) in [7, 11) is 5.52. The molecule has 110 valence electrons.